The molecule has 2 heterocycles. The van der Waals surface area contributed by atoms with Gasteiger partial charge in [0.15, 0.2) is 0 Å². The minimum Gasteiger partial charge on any atom is -0.461 e. The molecule has 0 unspecified atom stereocenters. The van der Waals surface area contributed by atoms with E-state index in [4.69, 9.17) is 9.26 Å². The first-order valence-electron chi connectivity index (χ1n) is 8.49. The zero-order valence-electron chi connectivity index (χ0n) is 15.4. The Labute approximate surface area is 168 Å². The lowest BCUT2D eigenvalue weighted by Crippen LogP contribution is -2.17. The molecule has 3 rings (SSSR count). The first kappa shape index (κ1) is 20.5. The largest absolute Gasteiger partial charge is 0.461 e. The van der Waals surface area contributed by atoms with E-state index in [2.05, 4.69) is 15.2 Å². The van der Waals surface area contributed by atoms with Crippen molar-refractivity contribution >= 4 is 28.2 Å². The van der Waals surface area contributed by atoms with Crippen LogP contribution in [0.4, 0.5) is 13.8 Å². The molecule has 1 aromatic carbocycles. The van der Waals surface area contributed by atoms with Crippen molar-refractivity contribution in [2.75, 3.05) is 11.9 Å². The van der Waals surface area contributed by atoms with Crippen molar-refractivity contribution in [1.29, 1.82) is 0 Å². The summed E-state index contributed by atoms with van der Waals surface area (Å²) >= 11 is 1.27. The number of benzene rings is 1. The van der Waals surface area contributed by atoms with E-state index in [1.54, 1.807) is 31.2 Å². The van der Waals surface area contributed by atoms with Gasteiger partial charge in [0.1, 0.15) is 17.1 Å². The average Bonchev–Trinajstić information content (AvgIpc) is 3.28. The smallest absolute Gasteiger partial charge is 0.387 e. The number of ether oxygens (including phenoxy) is 2. The number of aromatic nitrogens is 1. The molecule has 0 atom stereocenters. The average molecular weight is 422 g/mol. The zero-order chi connectivity index (χ0) is 21.0. The first-order chi connectivity index (χ1) is 13.9. The number of hydrogen-bond acceptors (Lipinski definition) is 7. The van der Waals surface area contributed by atoms with Gasteiger partial charge in [-0.15, -0.1) is 11.3 Å². The number of carbonyl (C=O) groups is 2. The minimum atomic E-state index is -2.88. The Morgan fingerprint density at radius 1 is 1.21 bits per heavy atom. The van der Waals surface area contributed by atoms with E-state index in [0.717, 1.165) is 10.4 Å². The highest BCUT2D eigenvalue weighted by molar-refractivity contribution is 7.19. The van der Waals surface area contributed by atoms with E-state index in [1.165, 1.54) is 30.4 Å². The van der Waals surface area contributed by atoms with Gasteiger partial charge in [-0.05, 0) is 55.8 Å². The normalized spacial score (nSPS) is 10.8. The van der Waals surface area contributed by atoms with E-state index < -0.39 is 18.5 Å². The van der Waals surface area contributed by atoms with Gasteiger partial charge in [-0.3, -0.25) is 4.79 Å². The molecular formula is C19H16F2N2O5S. The van der Waals surface area contributed by atoms with Crippen LogP contribution in [0.15, 0.2) is 40.9 Å². The molecule has 1 N–H and O–H groups in total. The molecule has 0 aliphatic heterocycles. The number of carbonyl (C=O) groups excluding carboxylic acids is 2. The fourth-order valence-corrected chi connectivity index (χ4v) is 3.42. The summed E-state index contributed by atoms with van der Waals surface area (Å²) < 4.78 is 38.6. The topological polar surface area (TPSA) is 90.7 Å². The van der Waals surface area contributed by atoms with Gasteiger partial charge in [0.2, 0.25) is 5.69 Å². The van der Waals surface area contributed by atoms with Crippen LogP contribution in [0.5, 0.6) is 5.75 Å². The maximum absolute atomic E-state index is 12.6. The quantitative estimate of drug-likeness (QED) is 0.553. The predicted octanol–water partition coefficient (Wildman–Crippen LogP) is 4.74. The monoisotopic (exact) mass is 422 g/mol. The number of nitrogens with zero attached hydrogens (tertiary/aromatic N) is 1. The first-order valence-corrected chi connectivity index (χ1v) is 9.30. The molecule has 0 aliphatic carbocycles. The maximum atomic E-state index is 12.6. The Morgan fingerprint density at radius 3 is 2.59 bits per heavy atom. The number of hydrogen-bond donors (Lipinski definition) is 1. The van der Waals surface area contributed by atoms with Crippen molar-refractivity contribution in [3.63, 3.8) is 0 Å². The van der Waals surface area contributed by atoms with E-state index >= 15 is 0 Å². The van der Waals surface area contributed by atoms with Crippen LogP contribution in [0.3, 0.4) is 0 Å². The fourth-order valence-electron chi connectivity index (χ4n) is 2.51. The third-order valence-electron chi connectivity index (χ3n) is 3.77. The number of anilines is 1. The molecule has 10 heteroatoms. The minimum absolute atomic E-state index is 0.00639. The third-order valence-corrected chi connectivity index (χ3v) is 4.82. The van der Waals surface area contributed by atoms with Gasteiger partial charge in [0, 0.05) is 4.88 Å². The molecule has 2 aromatic heterocycles. The molecular weight excluding hydrogens is 406 g/mol. The summed E-state index contributed by atoms with van der Waals surface area (Å²) in [5, 5.41) is 6.83. The van der Waals surface area contributed by atoms with Crippen LogP contribution >= 0.6 is 11.3 Å². The van der Waals surface area contributed by atoms with Gasteiger partial charge in [-0.25, -0.2) is 4.79 Å². The number of esters is 1. The molecule has 3 aromatic rings. The molecule has 1 amide bonds. The van der Waals surface area contributed by atoms with Crippen LogP contribution in [0.2, 0.25) is 0 Å². The third kappa shape index (κ3) is 4.77. The Kier molecular flexibility index (Phi) is 6.23. The highest BCUT2D eigenvalue weighted by Crippen LogP contribution is 2.33. The van der Waals surface area contributed by atoms with Gasteiger partial charge in [0.05, 0.1) is 11.6 Å². The second-order valence-electron chi connectivity index (χ2n) is 5.70. The maximum Gasteiger partial charge on any atom is 0.387 e. The van der Waals surface area contributed by atoms with Crippen molar-refractivity contribution in [3.05, 3.63) is 53.4 Å². The highest BCUT2D eigenvalue weighted by atomic mass is 32.1. The molecule has 7 nitrogen and oxygen atoms in total. The van der Waals surface area contributed by atoms with Crippen LogP contribution < -0.4 is 10.1 Å². The van der Waals surface area contributed by atoms with Crippen LogP contribution in [0, 0.1) is 6.92 Å². The zero-order valence-corrected chi connectivity index (χ0v) is 16.2. The van der Waals surface area contributed by atoms with Crippen LogP contribution in [0.1, 0.15) is 33.5 Å². The summed E-state index contributed by atoms with van der Waals surface area (Å²) in [5.41, 5.74) is 0.589. The summed E-state index contributed by atoms with van der Waals surface area (Å²) in [6, 6.07) is 9.61. The molecule has 0 aliphatic rings. The molecule has 152 valence electrons. The van der Waals surface area contributed by atoms with Gasteiger partial charge >= 0.3 is 12.6 Å². The van der Waals surface area contributed by atoms with E-state index in [0.29, 0.717) is 5.00 Å². The van der Waals surface area contributed by atoms with Crippen molar-refractivity contribution in [2.24, 2.45) is 0 Å². The Hall–Kier alpha value is -3.27. The summed E-state index contributed by atoms with van der Waals surface area (Å²) in [5.74, 6) is -1.05. The standard InChI is InChI=1S/C19H16F2N2O5S/c1-3-26-18(25)16-15(10(2)28-23-16)17(24)22-14-9-8-13(29-14)11-4-6-12(7-5-11)27-19(20)21/h4-9,19H,3H2,1-2H3,(H,22,24). The predicted molar refractivity (Wildman–Crippen MR) is 102 cm³/mol. The number of alkyl halides is 2. The molecule has 0 saturated heterocycles. The van der Waals surface area contributed by atoms with Crippen LogP contribution in [-0.4, -0.2) is 30.3 Å². The number of aryl methyl sites for hydroxylation is 1. The Balaban J connectivity index is 1.75. The van der Waals surface area contributed by atoms with Crippen LogP contribution in [-0.2, 0) is 4.74 Å². The van der Waals surface area contributed by atoms with Crippen molar-refractivity contribution in [1.82, 2.24) is 5.16 Å². The summed E-state index contributed by atoms with van der Waals surface area (Å²) in [6.07, 6.45) is 0. The molecule has 29 heavy (non-hydrogen) atoms. The van der Waals surface area contributed by atoms with Gasteiger partial charge in [0.25, 0.3) is 5.91 Å². The van der Waals surface area contributed by atoms with Gasteiger partial charge in [-0.2, -0.15) is 8.78 Å². The van der Waals surface area contributed by atoms with Gasteiger partial charge < -0.3 is 19.3 Å². The Morgan fingerprint density at radius 2 is 1.93 bits per heavy atom. The number of halogens is 2. The molecule has 0 spiro atoms. The molecule has 0 fully saturated rings. The lowest BCUT2D eigenvalue weighted by atomic mass is 10.2. The summed E-state index contributed by atoms with van der Waals surface area (Å²) in [7, 11) is 0. The second-order valence-corrected chi connectivity index (χ2v) is 6.79. The summed E-state index contributed by atoms with van der Waals surface area (Å²) in [6.45, 7) is 0.420. The molecule has 0 radical (unpaired) electrons. The Bertz CT molecular complexity index is 1010. The highest BCUT2D eigenvalue weighted by Gasteiger charge is 2.26. The van der Waals surface area contributed by atoms with Crippen LogP contribution in [0.25, 0.3) is 10.4 Å². The lowest BCUT2D eigenvalue weighted by molar-refractivity contribution is -0.0498. The van der Waals surface area contributed by atoms with E-state index in [1.807, 2.05) is 0 Å². The lowest BCUT2D eigenvalue weighted by Gasteiger charge is -2.05. The molecule has 0 bridgehead atoms. The van der Waals surface area contributed by atoms with E-state index in [9.17, 15) is 18.4 Å². The number of nitrogens with one attached hydrogen (secondary N) is 1. The van der Waals surface area contributed by atoms with Crippen molar-refractivity contribution in [2.45, 2.75) is 20.5 Å². The number of amides is 1. The van der Waals surface area contributed by atoms with E-state index in [-0.39, 0.29) is 29.4 Å². The molecule has 0 saturated carbocycles. The number of rotatable bonds is 7. The number of thiophene rings is 1. The van der Waals surface area contributed by atoms with Crippen molar-refractivity contribution in [3.8, 4) is 16.2 Å². The second kappa shape index (κ2) is 8.82. The fraction of sp³-hybridized carbons (Fsp3) is 0.211. The summed E-state index contributed by atoms with van der Waals surface area (Å²) in [4.78, 5) is 25.4. The van der Waals surface area contributed by atoms with Crippen molar-refractivity contribution < 1.29 is 32.4 Å². The SMILES string of the molecule is CCOC(=O)c1noc(C)c1C(=O)Nc1ccc(-c2ccc(OC(F)F)cc2)s1. The van der Waals surface area contributed by atoms with Gasteiger partial charge in [-0.1, -0.05) is 5.16 Å².